The van der Waals surface area contributed by atoms with Crippen molar-refractivity contribution in [1.29, 1.82) is 0 Å². The Labute approximate surface area is 108 Å². The van der Waals surface area contributed by atoms with Gasteiger partial charge in [-0.15, -0.1) is 0 Å². The lowest BCUT2D eigenvalue weighted by Gasteiger charge is -2.37. The van der Waals surface area contributed by atoms with Crippen LogP contribution in [-0.4, -0.2) is 30.6 Å². The van der Waals surface area contributed by atoms with Crippen molar-refractivity contribution in [2.24, 2.45) is 17.6 Å². The molecule has 2 nitrogen and oxygen atoms in total. The highest BCUT2D eigenvalue weighted by molar-refractivity contribution is 4.80. The summed E-state index contributed by atoms with van der Waals surface area (Å²) in [6.07, 6.45) is 8.49. The summed E-state index contributed by atoms with van der Waals surface area (Å²) in [4.78, 5) is 2.51. The van der Waals surface area contributed by atoms with E-state index < -0.39 is 0 Å². The summed E-state index contributed by atoms with van der Waals surface area (Å²) in [6, 6.07) is 1.21. The fraction of sp³-hybridized carbons (Fsp3) is 1.00. The van der Waals surface area contributed by atoms with Gasteiger partial charge in [-0.25, -0.2) is 0 Å². The molecular formula is C15H32N2. The van der Waals surface area contributed by atoms with Gasteiger partial charge < -0.3 is 5.73 Å². The Morgan fingerprint density at radius 3 is 2.18 bits per heavy atom. The first-order chi connectivity index (χ1) is 8.06. The Morgan fingerprint density at radius 1 is 1.12 bits per heavy atom. The maximum Gasteiger partial charge on any atom is 0.0220 e. The summed E-state index contributed by atoms with van der Waals surface area (Å²) in [5.41, 5.74) is 5.99. The second kappa shape index (κ2) is 7.38. The van der Waals surface area contributed by atoms with Gasteiger partial charge >= 0.3 is 0 Å². The van der Waals surface area contributed by atoms with Gasteiger partial charge in [0.25, 0.3) is 0 Å². The molecule has 0 saturated heterocycles. The molecule has 2 N–H and O–H groups in total. The molecule has 2 atom stereocenters. The van der Waals surface area contributed by atoms with E-state index in [1.807, 2.05) is 0 Å². The van der Waals surface area contributed by atoms with Crippen LogP contribution in [0.25, 0.3) is 0 Å². The van der Waals surface area contributed by atoms with Gasteiger partial charge in [-0.1, -0.05) is 46.0 Å². The third kappa shape index (κ3) is 4.59. The quantitative estimate of drug-likeness (QED) is 0.772. The normalized spacial score (nSPS) is 22.1. The van der Waals surface area contributed by atoms with Gasteiger partial charge in [0.15, 0.2) is 0 Å². The van der Waals surface area contributed by atoms with Crippen molar-refractivity contribution in [3.63, 3.8) is 0 Å². The van der Waals surface area contributed by atoms with Gasteiger partial charge in [0.05, 0.1) is 0 Å². The average Bonchev–Trinajstić information content (AvgIpc) is 2.35. The van der Waals surface area contributed by atoms with Crippen LogP contribution < -0.4 is 5.73 Å². The average molecular weight is 240 g/mol. The van der Waals surface area contributed by atoms with Crippen LogP contribution in [0.3, 0.4) is 0 Å². The van der Waals surface area contributed by atoms with Gasteiger partial charge in [0.1, 0.15) is 0 Å². The van der Waals surface area contributed by atoms with Crippen LogP contribution in [-0.2, 0) is 0 Å². The number of nitrogens with zero attached hydrogens (tertiary/aromatic N) is 1. The van der Waals surface area contributed by atoms with Gasteiger partial charge in [-0.2, -0.15) is 0 Å². The summed E-state index contributed by atoms with van der Waals surface area (Å²) in [6.45, 7) is 7.74. The monoisotopic (exact) mass is 240 g/mol. The number of hydrogen-bond donors (Lipinski definition) is 1. The molecule has 0 aromatic rings. The minimum Gasteiger partial charge on any atom is -0.329 e. The zero-order valence-electron chi connectivity index (χ0n) is 12.3. The predicted octanol–water partition coefficient (Wildman–Crippen LogP) is 3.26. The highest BCUT2D eigenvalue weighted by Gasteiger charge is 2.24. The Bertz CT molecular complexity index is 197. The molecule has 1 aliphatic rings. The standard InChI is InChI=1S/C15H32N2/c1-12(2)13(3)17(4)15(11-16)10-14-8-6-5-7-9-14/h12-15H,5-11,16H2,1-4H3. The zero-order valence-corrected chi connectivity index (χ0v) is 12.3. The molecule has 1 fully saturated rings. The van der Waals surface area contributed by atoms with Crippen LogP contribution in [0.5, 0.6) is 0 Å². The van der Waals surface area contributed by atoms with E-state index in [1.165, 1.54) is 38.5 Å². The molecule has 17 heavy (non-hydrogen) atoms. The van der Waals surface area contributed by atoms with E-state index in [-0.39, 0.29) is 0 Å². The van der Waals surface area contributed by atoms with Crippen molar-refractivity contribution in [3.05, 3.63) is 0 Å². The van der Waals surface area contributed by atoms with Gasteiger partial charge in [-0.05, 0) is 32.2 Å². The lowest BCUT2D eigenvalue weighted by molar-refractivity contribution is 0.124. The molecular weight excluding hydrogens is 208 g/mol. The minimum atomic E-state index is 0.579. The van der Waals surface area contributed by atoms with Crippen molar-refractivity contribution in [3.8, 4) is 0 Å². The lowest BCUT2D eigenvalue weighted by atomic mass is 9.84. The molecule has 1 aliphatic carbocycles. The summed E-state index contributed by atoms with van der Waals surface area (Å²) >= 11 is 0. The summed E-state index contributed by atoms with van der Waals surface area (Å²) in [7, 11) is 2.25. The van der Waals surface area contributed by atoms with E-state index >= 15 is 0 Å². The molecule has 1 saturated carbocycles. The molecule has 0 radical (unpaired) electrons. The molecule has 102 valence electrons. The predicted molar refractivity (Wildman–Crippen MR) is 76.1 cm³/mol. The van der Waals surface area contributed by atoms with Crippen LogP contribution in [0.15, 0.2) is 0 Å². The number of nitrogens with two attached hydrogens (primary N) is 1. The molecule has 0 amide bonds. The molecule has 0 aromatic carbocycles. The van der Waals surface area contributed by atoms with Crippen molar-refractivity contribution in [2.75, 3.05) is 13.6 Å². The summed E-state index contributed by atoms with van der Waals surface area (Å²) < 4.78 is 0. The summed E-state index contributed by atoms with van der Waals surface area (Å²) in [5.74, 6) is 1.64. The lowest BCUT2D eigenvalue weighted by Crippen LogP contribution is -2.46. The topological polar surface area (TPSA) is 29.3 Å². The first-order valence-corrected chi connectivity index (χ1v) is 7.48. The Balaban J connectivity index is 2.45. The maximum atomic E-state index is 5.99. The zero-order chi connectivity index (χ0) is 12.8. The van der Waals surface area contributed by atoms with Gasteiger partial charge in [-0.3, -0.25) is 4.90 Å². The van der Waals surface area contributed by atoms with E-state index in [0.29, 0.717) is 18.0 Å². The molecule has 0 spiro atoms. The largest absolute Gasteiger partial charge is 0.329 e. The minimum absolute atomic E-state index is 0.579. The SMILES string of the molecule is CC(C)C(C)N(C)C(CN)CC1CCCCC1. The van der Waals surface area contributed by atoms with Crippen molar-refractivity contribution in [1.82, 2.24) is 4.90 Å². The molecule has 1 rings (SSSR count). The molecule has 0 heterocycles. The Hall–Kier alpha value is -0.0800. The second-order valence-corrected chi connectivity index (χ2v) is 6.28. The van der Waals surface area contributed by atoms with Crippen LogP contribution in [0.4, 0.5) is 0 Å². The summed E-state index contributed by atoms with van der Waals surface area (Å²) in [5, 5.41) is 0. The van der Waals surface area contributed by atoms with E-state index in [1.54, 1.807) is 0 Å². The Morgan fingerprint density at radius 2 is 1.71 bits per heavy atom. The third-order valence-electron chi connectivity index (χ3n) is 4.79. The fourth-order valence-corrected chi connectivity index (χ4v) is 3.04. The van der Waals surface area contributed by atoms with Crippen molar-refractivity contribution < 1.29 is 0 Å². The van der Waals surface area contributed by atoms with Crippen LogP contribution in [0.2, 0.25) is 0 Å². The van der Waals surface area contributed by atoms with E-state index in [9.17, 15) is 0 Å². The highest BCUT2D eigenvalue weighted by atomic mass is 15.2. The second-order valence-electron chi connectivity index (χ2n) is 6.28. The Kier molecular flexibility index (Phi) is 6.50. The molecule has 0 bridgehead atoms. The number of hydrogen-bond acceptors (Lipinski definition) is 2. The molecule has 0 aliphatic heterocycles. The molecule has 2 unspecified atom stereocenters. The van der Waals surface area contributed by atoms with Crippen LogP contribution in [0.1, 0.15) is 59.3 Å². The van der Waals surface area contributed by atoms with Gasteiger partial charge in [0.2, 0.25) is 0 Å². The van der Waals surface area contributed by atoms with E-state index in [0.717, 1.165) is 12.5 Å². The van der Waals surface area contributed by atoms with Crippen molar-refractivity contribution in [2.45, 2.75) is 71.4 Å². The number of rotatable bonds is 6. The first-order valence-electron chi connectivity index (χ1n) is 7.48. The smallest absolute Gasteiger partial charge is 0.0220 e. The van der Waals surface area contributed by atoms with Crippen molar-refractivity contribution >= 4 is 0 Å². The van der Waals surface area contributed by atoms with Gasteiger partial charge in [0, 0.05) is 18.6 Å². The van der Waals surface area contributed by atoms with E-state index in [4.69, 9.17) is 5.73 Å². The first kappa shape index (κ1) is 15.0. The maximum absolute atomic E-state index is 5.99. The molecule has 2 heteroatoms. The van der Waals surface area contributed by atoms with Crippen LogP contribution in [0, 0.1) is 11.8 Å². The third-order valence-corrected chi connectivity index (χ3v) is 4.79. The molecule has 0 aromatic heterocycles. The van der Waals surface area contributed by atoms with E-state index in [2.05, 4.69) is 32.7 Å². The highest BCUT2D eigenvalue weighted by Crippen LogP contribution is 2.29. The number of likely N-dealkylation sites (N-methyl/N-ethyl adjacent to an activating group) is 1. The van der Waals surface area contributed by atoms with Crippen LogP contribution >= 0.6 is 0 Å². The fourth-order valence-electron chi connectivity index (χ4n) is 3.04.